The molecule has 0 aliphatic carbocycles. The number of hydrogen-bond donors (Lipinski definition) is 2. The molecule has 0 bridgehead atoms. The Labute approximate surface area is 104 Å². The van der Waals surface area contributed by atoms with Gasteiger partial charge in [-0.25, -0.2) is 4.98 Å². The first-order valence-electron chi connectivity index (χ1n) is 6.62. The highest BCUT2D eigenvalue weighted by Gasteiger charge is 2.16. The van der Waals surface area contributed by atoms with E-state index in [1.165, 1.54) is 12.8 Å². The van der Waals surface area contributed by atoms with Crippen LogP contribution in [-0.2, 0) is 0 Å². The normalized spacial score (nSPS) is 14.8. The lowest BCUT2D eigenvalue weighted by molar-refractivity contribution is 0.259. The predicted octanol–water partition coefficient (Wildman–Crippen LogP) is 2.41. The van der Waals surface area contributed by atoms with Gasteiger partial charge < -0.3 is 15.4 Å². The zero-order valence-electron chi connectivity index (χ0n) is 11.0. The molecule has 98 valence electrons. The van der Waals surface area contributed by atoms with Crippen LogP contribution >= 0.6 is 0 Å². The maximum absolute atomic E-state index is 9.15. The van der Waals surface area contributed by atoms with Crippen LogP contribution in [0.3, 0.4) is 0 Å². The number of nitrogens with two attached hydrogens (primary N) is 1. The standard InChI is InChI=1S/C13H25N3O/c1-3-5-7-11(6-4-2)16-10-15-8-13(16)12(14)9-17/h8,10-12,17H,3-7,9,14H2,1-2H3. The van der Waals surface area contributed by atoms with Crippen LogP contribution in [0.15, 0.2) is 12.5 Å². The van der Waals surface area contributed by atoms with E-state index in [0.717, 1.165) is 25.0 Å². The molecule has 4 heteroatoms. The first-order valence-corrected chi connectivity index (χ1v) is 6.62. The van der Waals surface area contributed by atoms with Crippen LogP contribution < -0.4 is 5.73 Å². The van der Waals surface area contributed by atoms with Crippen molar-refractivity contribution in [3.63, 3.8) is 0 Å². The van der Waals surface area contributed by atoms with Crippen molar-refractivity contribution in [2.45, 2.75) is 58.0 Å². The Morgan fingerprint density at radius 1 is 1.35 bits per heavy atom. The molecular formula is C13H25N3O. The van der Waals surface area contributed by atoms with Gasteiger partial charge in [-0.15, -0.1) is 0 Å². The Bertz CT molecular complexity index is 311. The maximum Gasteiger partial charge on any atom is 0.0951 e. The maximum atomic E-state index is 9.15. The summed E-state index contributed by atoms with van der Waals surface area (Å²) in [5.74, 6) is 0. The molecule has 2 atom stereocenters. The van der Waals surface area contributed by atoms with Crippen LogP contribution in [-0.4, -0.2) is 21.3 Å². The molecule has 0 amide bonds. The van der Waals surface area contributed by atoms with Crippen LogP contribution in [0.2, 0.25) is 0 Å². The number of rotatable bonds is 8. The summed E-state index contributed by atoms with van der Waals surface area (Å²) >= 11 is 0. The summed E-state index contributed by atoms with van der Waals surface area (Å²) in [6.45, 7) is 4.37. The quantitative estimate of drug-likeness (QED) is 0.732. The van der Waals surface area contributed by atoms with E-state index in [4.69, 9.17) is 10.8 Å². The second kappa shape index (κ2) is 7.45. The molecule has 1 heterocycles. The second-order valence-electron chi connectivity index (χ2n) is 4.60. The summed E-state index contributed by atoms with van der Waals surface area (Å²) in [6, 6.07) is 0.147. The van der Waals surface area contributed by atoms with Crippen molar-refractivity contribution < 1.29 is 5.11 Å². The van der Waals surface area contributed by atoms with Crippen molar-refractivity contribution in [3.8, 4) is 0 Å². The van der Waals surface area contributed by atoms with Gasteiger partial charge in [0, 0.05) is 12.2 Å². The highest BCUT2D eigenvalue weighted by molar-refractivity contribution is 5.06. The van der Waals surface area contributed by atoms with Gasteiger partial charge in [0.1, 0.15) is 0 Å². The number of aromatic nitrogens is 2. The van der Waals surface area contributed by atoms with Crippen molar-refractivity contribution in [1.82, 2.24) is 9.55 Å². The number of aliphatic hydroxyl groups is 1. The Kier molecular flexibility index (Phi) is 6.22. The zero-order chi connectivity index (χ0) is 12.7. The molecule has 0 aliphatic rings. The van der Waals surface area contributed by atoms with Gasteiger partial charge in [-0.05, 0) is 12.8 Å². The fraction of sp³-hybridized carbons (Fsp3) is 0.769. The van der Waals surface area contributed by atoms with Crippen LogP contribution in [0.1, 0.15) is 63.7 Å². The molecule has 0 spiro atoms. The average molecular weight is 239 g/mol. The Balaban J connectivity index is 2.81. The van der Waals surface area contributed by atoms with Crippen molar-refractivity contribution in [2.24, 2.45) is 5.73 Å². The van der Waals surface area contributed by atoms with Gasteiger partial charge in [0.15, 0.2) is 0 Å². The number of unbranched alkanes of at least 4 members (excludes halogenated alkanes) is 1. The van der Waals surface area contributed by atoms with Gasteiger partial charge in [0.25, 0.3) is 0 Å². The Morgan fingerprint density at radius 2 is 2.12 bits per heavy atom. The molecule has 0 aliphatic heterocycles. The third-order valence-electron chi connectivity index (χ3n) is 3.18. The SMILES string of the molecule is CCCCC(CCC)n1cncc1C(N)CO. The molecule has 0 saturated heterocycles. The molecule has 2 unspecified atom stereocenters. The van der Waals surface area contributed by atoms with Gasteiger partial charge in [-0.1, -0.05) is 33.1 Å². The summed E-state index contributed by atoms with van der Waals surface area (Å²) in [7, 11) is 0. The molecule has 17 heavy (non-hydrogen) atoms. The molecule has 4 nitrogen and oxygen atoms in total. The molecule has 1 aromatic rings. The highest BCUT2D eigenvalue weighted by Crippen LogP contribution is 2.24. The van der Waals surface area contributed by atoms with E-state index < -0.39 is 0 Å². The molecule has 0 radical (unpaired) electrons. The Morgan fingerprint density at radius 3 is 2.71 bits per heavy atom. The van der Waals surface area contributed by atoms with E-state index in [2.05, 4.69) is 23.4 Å². The Hall–Kier alpha value is -0.870. The number of aliphatic hydroxyl groups excluding tert-OH is 1. The van der Waals surface area contributed by atoms with E-state index >= 15 is 0 Å². The molecule has 3 N–H and O–H groups in total. The van der Waals surface area contributed by atoms with Crippen LogP contribution in [0, 0.1) is 0 Å². The van der Waals surface area contributed by atoms with Crippen LogP contribution in [0.5, 0.6) is 0 Å². The van der Waals surface area contributed by atoms with Crippen molar-refractivity contribution in [1.29, 1.82) is 0 Å². The minimum atomic E-state index is -0.321. The molecule has 0 aromatic carbocycles. The monoisotopic (exact) mass is 239 g/mol. The third kappa shape index (κ3) is 3.82. The smallest absolute Gasteiger partial charge is 0.0951 e. The minimum absolute atomic E-state index is 0.0294. The lowest BCUT2D eigenvalue weighted by Gasteiger charge is -2.22. The van der Waals surface area contributed by atoms with Gasteiger partial charge in [-0.3, -0.25) is 0 Å². The fourth-order valence-corrected chi connectivity index (χ4v) is 2.20. The van der Waals surface area contributed by atoms with E-state index in [-0.39, 0.29) is 12.6 Å². The van der Waals surface area contributed by atoms with E-state index in [1.807, 2.05) is 6.33 Å². The van der Waals surface area contributed by atoms with Crippen molar-refractivity contribution in [3.05, 3.63) is 18.2 Å². The average Bonchev–Trinajstić information content (AvgIpc) is 2.82. The lowest BCUT2D eigenvalue weighted by atomic mass is 10.0. The summed E-state index contributed by atoms with van der Waals surface area (Å²) in [5, 5.41) is 9.15. The van der Waals surface area contributed by atoms with E-state index in [0.29, 0.717) is 6.04 Å². The summed E-state index contributed by atoms with van der Waals surface area (Å²) in [5.41, 5.74) is 6.84. The first-order chi connectivity index (χ1) is 8.24. The fourth-order valence-electron chi connectivity index (χ4n) is 2.20. The van der Waals surface area contributed by atoms with E-state index in [1.54, 1.807) is 6.20 Å². The lowest BCUT2D eigenvalue weighted by Crippen LogP contribution is -2.21. The molecule has 0 fully saturated rings. The third-order valence-corrected chi connectivity index (χ3v) is 3.18. The molecule has 1 aromatic heterocycles. The van der Waals surface area contributed by atoms with Crippen LogP contribution in [0.25, 0.3) is 0 Å². The van der Waals surface area contributed by atoms with Crippen molar-refractivity contribution in [2.75, 3.05) is 6.61 Å². The summed E-state index contributed by atoms with van der Waals surface area (Å²) in [4.78, 5) is 4.17. The zero-order valence-corrected chi connectivity index (χ0v) is 11.0. The number of imidazole rings is 1. The van der Waals surface area contributed by atoms with Gasteiger partial charge >= 0.3 is 0 Å². The largest absolute Gasteiger partial charge is 0.394 e. The summed E-state index contributed by atoms with van der Waals surface area (Å²) in [6.07, 6.45) is 9.50. The minimum Gasteiger partial charge on any atom is -0.394 e. The van der Waals surface area contributed by atoms with E-state index in [9.17, 15) is 0 Å². The molecule has 0 saturated carbocycles. The second-order valence-corrected chi connectivity index (χ2v) is 4.60. The van der Waals surface area contributed by atoms with Gasteiger partial charge in [0.2, 0.25) is 0 Å². The van der Waals surface area contributed by atoms with Gasteiger partial charge in [-0.2, -0.15) is 0 Å². The van der Waals surface area contributed by atoms with Crippen LogP contribution in [0.4, 0.5) is 0 Å². The molecular weight excluding hydrogens is 214 g/mol. The highest BCUT2D eigenvalue weighted by atomic mass is 16.3. The number of nitrogens with zero attached hydrogens (tertiary/aromatic N) is 2. The first kappa shape index (κ1) is 14.2. The van der Waals surface area contributed by atoms with Gasteiger partial charge in [0.05, 0.1) is 24.7 Å². The molecule has 1 rings (SSSR count). The number of hydrogen-bond acceptors (Lipinski definition) is 3. The topological polar surface area (TPSA) is 64.1 Å². The summed E-state index contributed by atoms with van der Waals surface area (Å²) < 4.78 is 2.15. The van der Waals surface area contributed by atoms with Crippen molar-refractivity contribution >= 4 is 0 Å². The predicted molar refractivity (Wildman–Crippen MR) is 69.7 cm³/mol.